The Kier molecular flexibility index (Phi) is 6.00. The standard InChI is InChI=1S/C15H17N5O2S/c1-2-9-20-14(22)17-18-15(20)23-11-13(21)19(10-8-16)12-6-4-3-5-7-12/h3-7H,2,9-11H2,1H3,(H,17,22). The van der Waals surface area contributed by atoms with Gasteiger partial charge in [-0.2, -0.15) is 5.26 Å². The Morgan fingerprint density at radius 2 is 2.17 bits per heavy atom. The van der Waals surface area contributed by atoms with Crippen LogP contribution < -0.4 is 10.6 Å². The van der Waals surface area contributed by atoms with Crippen molar-refractivity contribution in [3.8, 4) is 6.07 Å². The highest BCUT2D eigenvalue weighted by atomic mass is 32.2. The SMILES string of the molecule is CCCn1c(SCC(=O)N(CC#N)c2ccccc2)n[nH]c1=O. The third kappa shape index (κ3) is 4.23. The molecule has 1 aromatic carbocycles. The summed E-state index contributed by atoms with van der Waals surface area (Å²) in [5.74, 6) is -0.105. The molecule has 2 rings (SSSR count). The number of para-hydroxylation sites is 1. The van der Waals surface area contributed by atoms with Gasteiger partial charge in [0.2, 0.25) is 5.91 Å². The molecule has 0 aliphatic rings. The lowest BCUT2D eigenvalue weighted by atomic mass is 10.3. The second-order valence-electron chi connectivity index (χ2n) is 4.73. The number of carbonyl (C=O) groups is 1. The zero-order valence-electron chi connectivity index (χ0n) is 12.7. The molecule has 0 aliphatic heterocycles. The molecule has 0 radical (unpaired) electrons. The number of amides is 1. The minimum Gasteiger partial charge on any atom is -0.298 e. The molecule has 23 heavy (non-hydrogen) atoms. The van der Waals surface area contributed by atoms with Crippen LogP contribution in [0.4, 0.5) is 5.69 Å². The van der Waals surface area contributed by atoms with E-state index in [1.54, 1.807) is 12.1 Å². The quantitative estimate of drug-likeness (QED) is 0.614. The Labute approximate surface area is 137 Å². The van der Waals surface area contributed by atoms with Crippen LogP contribution in [0.15, 0.2) is 40.3 Å². The van der Waals surface area contributed by atoms with E-state index >= 15 is 0 Å². The summed E-state index contributed by atoms with van der Waals surface area (Å²) in [5.41, 5.74) is 0.395. The van der Waals surface area contributed by atoms with Crippen molar-refractivity contribution in [1.82, 2.24) is 14.8 Å². The average Bonchev–Trinajstić information content (AvgIpc) is 2.92. The van der Waals surface area contributed by atoms with Crippen molar-refractivity contribution in [1.29, 1.82) is 5.26 Å². The number of hydrogen-bond acceptors (Lipinski definition) is 5. The first-order valence-electron chi connectivity index (χ1n) is 7.17. The Morgan fingerprint density at radius 3 is 2.83 bits per heavy atom. The van der Waals surface area contributed by atoms with Crippen molar-refractivity contribution in [2.24, 2.45) is 0 Å². The molecule has 0 atom stereocenters. The fourth-order valence-corrected chi connectivity index (χ4v) is 2.89. The second kappa shape index (κ2) is 8.19. The molecule has 1 N–H and O–H groups in total. The van der Waals surface area contributed by atoms with E-state index in [0.29, 0.717) is 17.4 Å². The number of anilines is 1. The number of carbonyl (C=O) groups excluding carboxylic acids is 1. The largest absolute Gasteiger partial charge is 0.343 e. The summed E-state index contributed by atoms with van der Waals surface area (Å²) in [6.45, 7) is 2.49. The van der Waals surface area contributed by atoms with E-state index in [4.69, 9.17) is 5.26 Å². The van der Waals surface area contributed by atoms with Gasteiger partial charge in [0, 0.05) is 12.2 Å². The van der Waals surface area contributed by atoms with Gasteiger partial charge in [0.1, 0.15) is 6.54 Å². The molecule has 0 saturated heterocycles. The van der Waals surface area contributed by atoms with Crippen LogP contribution in [0.5, 0.6) is 0 Å². The van der Waals surface area contributed by atoms with Crippen molar-refractivity contribution >= 4 is 23.4 Å². The molecule has 8 heteroatoms. The van der Waals surface area contributed by atoms with Gasteiger partial charge in [0.15, 0.2) is 5.16 Å². The van der Waals surface area contributed by atoms with Gasteiger partial charge in [-0.1, -0.05) is 36.9 Å². The smallest absolute Gasteiger partial charge is 0.298 e. The number of thioether (sulfide) groups is 1. The lowest BCUT2D eigenvalue weighted by Crippen LogP contribution is -2.32. The predicted octanol–water partition coefficient (Wildman–Crippen LogP) is 1.63. The van der Waals surface area contributed by atoms with Crippen molar-refractivity contribution in [3.05, 3.63) is 40.8 Å². The van der Waals surface area contributed by atoms with Crippen LogP contribution in [0.2, 0.25) is 0 Å². The van der Waals surface area contributed by atoms with E-state index in [0.717, 1.165) is 6.42 Å². The van der Waals surface area contributed by atoms with E-state index in [1.165, 1.54) is 21.2 Å². The van der Waals surface area contributed by atoms with Crippen LogP contribution in [0.25, 0.3) is 0 Å². The van der Waals surface area contributed by atoms with E-state index in [9.17, 15) is 9.59 Å². The number of nitriles is 1. The molecule has 2 aromatic rings. The Bertz CT molecular complexity index is 747. The first-order valence-corrected chi connectivity index (χ1v) is 8.16. The number of H-pyrrole nitrogens is 1. The summed E-state index contributed by atoms with van der Waals surface area (Å²) in [6, 6.07) is 11.0. The van der Waals surface area contributed by atoms with Crippen LogP contribution in [0, 0.1) is 11.3 Å². The molecule has 1 heterocycles. The van der Waals surface area contributed by atoms with E-state index in [-0.39, 0.29) is 23.9 Å². The molecule has 1 aromatic heterocycles. The molecule has 0 spiro atoms. The second-order valence-corrected chi connectivity index (χ2v) is 5.67. The molecule has 7 nitrogen and oxygen atoms in total. The summed E-state index contributed by atoms with van der Waals surface area (Å²) < 4.78 is 1.51. The Morgan fingerprint density at radius 1 is 1.43 bits per heavy atom. The zero-order chi connectivity index (χ0) is 16.7. The van der Waals surface area contributed by atoms with Crippen molar-refractivity contribution in [3.63, 3.8) is 0 Å². The lowest BCUT2D eigenvalue weighted by Gasteiger charge is -2.19. The molecule has 0 bridgehead atoms. The van der Waals surface area contributed by atoms with E-state index in [1.807, 2.05) is 31.2 Å². The summed E-state index contributed by atoms with van der Waals surface area (Å²) in [4.78, 5) is 25.5. The van der Waals surface area contributed by atoms with Gasteiger partial charge < -0.3 is 0 Å². The highest BCUT2D eigenvalue weighted by molar-refractivity contribution is 7.99. The number of nitrogens with one attached hydrogen (secondary N) is 1. The number of nitrogens with zero attached hydrogens (tertiary/aromatic N) is 4. The third-order valence-corrected chi connectivity index (χ3v) is 4.05. The number of aromatic amines is 1. The topological polar surface area (TPSA) is 94.8 Å². The number of aromatic nitrogens is 3. The van der Waals surface area contributed by atoms with Crippen LogP contribution in [-0.4, -0.2) is 33.0 Å². The van der Waals surface area contributed by atoms with Gasteiger partial charge >= 0.3 is 5.69 Å². The van der Waals surface area contributed by atoms with Gasteiger partial charge in [0.25, 0.3) is 0 Å². The summed E-state index contributed by atoms with van der Waals surface area (Å²) in [6.07, 6.45) is 0.797. The monoisotopic (exact) mass is 331 g/mol. The third-order valence-electron chi connectivity index (χ3n) is 3.09. The molecule has 0 fully saturated rings. The molecular weight excluding hydrogens is 314 g/mol. The van der Waals surface area contributed by atoms with Crippen LogP contribution >= 0.6 is 11.8 Å². The highest BCUT2D eigenvalue weighted by Gasteiger charge is 2.17. The number of benzene rings is 1. The molecule has 0 unspecified atom stereocenters. The number of hydrogen-bond donors (Lipinski definition) is 1. The van der Waals surface area contributed by atoms with Crippen molar-refractivity contribution in [2.75, 3.05) is 17.2 Å². The molecule has 120 valence electrons. The maximum absolute atomic E-state index is 12.4. The molecule has 1 amide bonds. The summed E-state index contributed by atoms with van der Waals surface area (Å²) >= 11 is 1.18. The Balaban J connectivity index is 2.08. The Hall–Kier alpha value is -2.53. The van der Waals surface area contributed by atoms with Crippen LogP contribution in [0.3, 0.4) is 0 Å². The summed E-state index contributed by atoms with van der Waals surface area (Å²) in [7, 11) is 0. The van der Waals surface area contributed by atoms with Crippen molar-refractivity contribution in [2.45, 2.75) is 25.0 Å². The molecule has 0 saturated carbocycles. The van der Waals surface area contributed by atoms with E-state index < -0.39 is 0 Å². The molecular formula is C15H17N5O2S. The van der Waals surface area contributed by atoms with Gasteiger partial charge in [-0.05, 0) is 18.6 Å². The van der Waals surface area contributed by atoms with Gasteiger partial charge in [0.05, 0.1) is 11.8 Å². The first-order chi connectivity index (χ1) is 11.2. The first kappa shape index (κ1) is 16.8. The van der Waals surface area contributed by atoms with Crippen molar-refractivity contribution < 1.29 is 4.79 Å². The minimum atomic E-state index is -0.279. The van der Waals surface area contributed by atoms with Gasteiger partial charge in [-0.3, -0.25) is 14.3 Å². The fourth-order valence-electron chi connectivity index (χ4n) is 2.04. The van der Waals surface area contributed by atoms with Gasteiger partial charge in [-0.15, -0.1) is 5.10 Å². The summed E-state index contributed by atoms with van der Waals surface area (Å²) in [5, 5.41) is 15.7. The van der Waals surface area contributed by atoms with Crippen LogP contribution in [-0.2, 0) is 11.3 Å². The molecule has 0 aliphatic carbocycles. The van der Waals surface area contributed by atoms with Crippen LogP contribution in [0.1, 0.15) is 13.3 Å². The minimum absolute atomic E-state index is 0.0221. The maximum atomic E-state index is 12.4. The fraction of sp³-hybridized carbons (Fsp3) is 0.333. The zero-order valence-corrected chi connectivity index (χ0v) is 13.5. The predicted molar refractivity (Wildman–Crippen MR) is 88.3 cm³/mol. The average molecular weight is 331 g/mol. The highest BCUT2D eigenvalue weighted by Crippen LogP contribution is 2.18. The maximum Gasteiger partial charge on any atom is 0.343 e. The van der Waals surface area contributed by atoms with E-state index in [2.05, 4.69) is 10.2 Å². The normalized spacial score (nSPS) is 10.3. The number of rotatable bonds is 7. The van der Waals surface area contributed by atoms with Gasteiger partial charge in [-0.25, -0.2) is 9.89 Å². The lowest BCUT2D eigenvalue weighted by molar-refractivity contribution is -0.116.